The Kier molecular flexibility index (Phi) is 5.39. The third-order valence-electron chi connectivity index (χ3n) is 6.77. The van der Waals surface area contributed by atoms with E-state index in [1.807, 2.05) is 26.0 Å². The lowest BCUT2D eigenvalue weighted by Gasteiger charge is -2.52. The predicted octanol–water partition coefficient (Wildman–Crippen LogP) is 1.82. The summed E-state index contributed by atoms with van der Waals surface area (Å²) in [6.45, 7) is 9.09. The number of allylic oxidation sites excluding steroid dienone is 3. The monoisotopic (exact) mass is 438 g/mol. The van der Waals surface area contributed by atoms with Crippen LogP contribution in [-0.2, 0) is 19.6 Å². The minimum atomic E-state index is -3.79. The molecular weight excluding hydrogens is 404 g/mol. The zero-order valence-corrected chi connectivity index (χ0v) is 19.5. The average Bonchev–Trinajstić information content (AvgIpc) is 2.71. The smallest absolute Gasteiger partial charge is 0.331 e. The fourth-order valence-electron chi connectivity index (χ4n) is 4.95. The third-order valence-corrected chi connectivity index (χ3v) is 9.14. The van der Waals surface area contributed by atoms with Gasteiger partial charge in [-0.2, -0.15) is 0 Å². The third kappa shape index (κ3) is 3.45. The minimum Gasteiger partial charge on any atom is -0.458 e. The van der Waals surface area contributed by atoms with Crippen molar-refractivity contribution in [3.05, 3.63) is 23.4 Å². The number of amidine groups is 1. The molecule has 0 saturated heterocycles. The lowest BCUT2D eigenvalue weighted by molar-refractivity contribution is -0.154. The van der Waals surface area contributed by atoms with Crippen LogP contribution < -0.4 is 11.5 Å². The molecule has 3 aliphatic rings. The number of sulfonamides is 1. The van der Waals surface area contributed by atoms with Crippen molar-refractivity contribution in [2.24, 2.45) is 21.9 Å². The van der Waals surface area contributed by atoms with Gasteiger partial charge in [0.15, 0.2) is 6.04 Å². The van der Waals surface area contributed by atoms with Crippen molar-refractivity contribution in [1.82, 2.24) is 4.31 Å². The normalized spacial score (nSPS) is 34.4. The van der Waals surface area contributed by atoms with Gasteiger partial charge in [0.1, 0.15) is 16.7 Å². The number of carbonyl (C=O) groups is 1. The van der Waals surface area contributed by atoms with Gasteiger partial charge in [0.2, 0.25) is 10.0 Å². The molecule has 0 spiro atoms. The number of fused-ring (bicyclic) bond motifs is 3. The van der Waals surface area contributed by atoms with Crippen LogP contribution in [0.1, 0.15) is 60.3 Å². The van der Waals surface area contributed by atoms with Crippen LogP contribution in [-0.4, -0.2) is 54.0 Å². The molecule has 3 rings (SSSR count). The van der Waals surface area contributed by atoms with Crippen LogP contribution in [0.25, 0.3) is 0 Å². The van der Waals surface area contributed by atoms with Crippen molar-refractivity contribution in [3.8, 4) is 0 Å². The van der Waals surface area contributed by atoms with Crippen molar-refractivity contribution in [1.29, 1.82) is 0 Å². The highest BCUT2D eigenvalue weighted by atomic mass is 32.2. The van der Waals surface area contributed by atoms with E-state index in [1.54, 1.807) is 20.8 Å². The molecule has 30 heavy (non-hydrogen) atoms. The second-order valence-electron chi connectivity index (χ2n) is 9.96. The number of rotatable bonds is 2. The number of aliphatic imine (C=N–C) groups is 1. The van der Waals surface area contributed by atoms with Gasteiger partial charge in [-0.3, -0.25) is 9.30 Å². The maximum Gasteiger partial charge on any atom is 0.331 e. The average molecular weight is 439 g/mol. The van der Waals surface area contributed by atoms with E-state index in [1.165, 1.54) is 7.05 Å². The summed E-state index contributed by atoms with van der Waals surface area (Å²) in [5.74, 6) is -0.693. The molecule has 0 aromatic heterocycles. The zero-order valence-electron chi connectivity index (χ0n) is 18.7. The number of nitrogens with two attached hydrogens (primary N) is 2. The second-order valence-corrected chi connectivity index (χ2v) is 12.1. The van der Waals surface area contributed by atoms with E-state index in [-0.39, 0.29) is 5.84 Å². The summed E-state index contributed by atoms with van der Waals surface area (Å²) >= 11 is 0. The van der Waals surface area contributed by atoms with Crippen LogP contribution in [0.15, 0.2) is 28.4 Å². The first kappa shape index (κ1) is 22.8. The van der Waals surface area contributed by atoms with Gasteiger partial charge in [0, 0.05) is 18.2 Å². The topological polar surface area (TPSA) is 128 Å². The van der Waals surface area contributed by atoms with E-state index >= 15 is 0 Å². The Hall–Kier alpha value is -1.87. The molecule has 0 radical (unpaired) electrons. The van der Waals surface area contributed by atoms with Crippen LogP contribution in [0.2, 0.25) is 0 Å². The van der Waals surface area contributed by atoms with E-state index in [4.69, 9.17) is 21.2 Å². The molecule has 4 N–H and O–H groups in total. The van der Waals surface area contributed by atoms with Gasteiger partial charge in [0.25, 0.3) is 0 Å². The molecule has 9 heteroatoms. The molecule has 0 aromatic rings. The maximum absolute atomic E-state index is 13.6. The van der Waals surface area contributed by atoms with Gasteiger partial charge in [-0.15, -0.1) is 0 Å². The van der Waals surface area contributed by atoms with Gasteiger partial charge in [0.05, 0.1) is 5.54 Å². The Morgan fingerprint density at radius 2 is 1.97 bits per heavy atom. The Balaban J connectivity index is 2.17. The van der Waals surface area contributed by atoms with Gasteiger partial charge in [-0.25, -0.2) is 13.2 Å². The van der Waals surface area contributed by atoms with Gasteiger partial charge in [-0.05, 0) is 59.5 Å². The van der Waals surface area contributed by atoms with Crippen LogP contribution in [0.4, 0.5) is 0 Å². The summed E-state index contributed by atoms with van der Waals surface area (Å²) in [5.41, 5.74) is 11.8. The molecule has 0 bridgehead atoms. The van der Waals surface area contributed by atoms with Gasteiger partial charge < -0.3 is 16.2 Å². The molecule has 0 amide bonds. The lowest BCUT2D eigenvalue weighted by Crippen LogP contribution is -2.65. The van der Waals surface area contributed by atoms with Crippen LogP contribution in [0.5, 0.6) is 0 Å². The minimum absolute atomic E-state index is 0.0126. The number of hydrogen-bond donors (Lipinski definition) is 2. The van der Waals surface area contributed by atoms with Gasteiger partial charge >= 0.3 is 5.97 Å². The van der Waals surface area contributed by atoms with Crippen LogP contribution in [0.3, 0.4) is 0 Å². The summed E-state index contributed by atoms with van der Waals surface area (Å²) in [4.78, 5) is 17.6. The van der Waals surface area contributed by atoms with Crippen LogP contribution >= 0.6 is 0 Å². The van der Waals surface area contributed by atoms with Crippen molar-refractivity contribution in [2.75, 3.05) is 7.05 Å². The number of likely N-dealkylation sites (N-methyl/N-ethyl adjacent to an activating group) is 1. The number of ether oxygens (including phenoxy) is 1. The lowest BCUT2D eigenvalue weighted by atomic mass is 9.62. The molecule has 0 aromatic carbocycles. The van der Waals surface area contributed by atoms with Crippen LogP contribution in [0, 0.1) is 5.41 Å². The van der Waals surface area contributed by atoms with E-state index in [0.29, 0.717) is 18.5 Å². The molecule has 2 aliphatic carbocycles. The second kappa shape index (κ2) is 7.09. The first-order valence-corrected chi connectivity index (χ1v) is 11.9. The van der Waals surface area contributed by atoms with Crippen molar-refractivity contribution in [2.45, 2.75) is 82.7 Å². The summed E-state index contributed by atoms with van der Waals surface area (Å²) in [6.07, 6.45) is 6.40. The number of nitrogens with zero attached hydrogens (tertiary/aromatic N) is 2. The predicted molar refractivity (Wildman–Crippen MR) is 117 cm³/mol. The largest absolute Gasteiger partial charge is 0.458 e. The highest BCUT2D eigenvalue weighted by molar-refractivity contribution is 7.90. The Morgan fingerprint density at radius 1 is 1.33 bits per heavy atom. The molecule has 1 saturated carbocycles. The summed E-state index contributed by atoms with van der Waals surface area (Å²) in [5, 5.41) is -0.730. The van der Waals surface area contributed by atoms with E-state index in [9.17, 15) is 13.2 Å². The highest BCUT2D eigenvalue weighted by Gasteiger charge is 2.61. The van der Waals surface area contributed by atoms with Gasteiger partial charge in [-0.1, -0.05) is 18.6 Å². The number of esters is 1. The fraction of sp³-hybridized carbons (Fsp3) is 0.714. The molecule has 8 nitrogen and oxygen atoms in total. The maximum atomic E-state index is 13.6. The summed E-state index contributed by atoms with van der Waals surface area (Å²) in [6, 6.07) is -1.31. The first-order chi connectivity index (χ1) is 13.6. The fourth-order valence-corrected chi connectivity index (χ4v) is 7.10. The van der Waals surface area contributed by atoms with E-state index in [2.05, 4.69) is 0 Å². The summed E-state index contributed by atoms with van der Waals surface area (Å²) in [7, 11) is -2.38. The highest BCUT2D eigenvalue weighted by Crippen LogP contribution is 2.56. The summed E-state index contributed by atoms with van der Waals surface area (Å²) < 4.78 is 33.7. The zero-order chi connectivity index (χ0) is 22.7. The quantitative estimate of drug-likeness (QED) is 0.633. The number of carbonyl (C=O) groups excluding carboxylic acids is 1. The van der Waals surface area contributed by atoms with Crippen molar-refractivity contribution < 1.29 is 17.9 Å². The Labute approximate surface area is 179 Å². The molecule has 4 atom stereocenters. The number of hydrogen-bond acceptors (Lipinski definition) is 7. The first-order valence-electron chi connectivity index (χ1n) is 10.3. The van der Waals surface area contributed by atoms with Crippen molar-refractivity contribution >= 4 is 21.8 Å². The molecular formula is C21H34N4O4S. The molecule has 1 aliphatic heterocycles. The Bertz CT molecular complexity index is 947. The SMILES string of the molecule is CN1C(C(N)C(=O)OC(C)(C)C)=N[C@@]2(C)[C@@H](CCCC3=CC=C(N)CC32C)S1(=O)=O. The molecule has 1 fully saturated rings. The van der Waals surface area contributed by atoms with E-state index in [0.717, 1.165) is 22.7 Å². The molecule has 168 valence electrons. The van der Waals surface area contributed by atoms with E-state index < -0.39 is 43.8 Å². The van der Waals surface area contributed by atoms with Crippen molar-refractivity contribution in [3.63, 3.8) is 0 Å². The standard InChI is InChI=1S/C21H34N4O4S/c1-19(2,3)29-18(26)16(23)17-24-21(5)15(30(27,28)25(17)6)9-7-8-13-10-11-14(22)12-20(13,21)4/h10-11,15-16H,7-9,12,22-23H2,1-6H3/t15-,16?,20?,21+/m1/s1. The molecule has 2 unspecified atom stereocenters. The molecule has 1 heterocycles. The Morgan fingerprint density at radius 3 is 2.57 bits per heavy atom.